The van der Waals surface area contributed by atoms with Crippen LogP contribution in [0.25, 0.3) is 0 Å². The standard InChI is InChI=1S/C25H44O4/c1-2-3-4-5-6-7-8-9-10-11-12-13-14-15-19-28-21-24(27)22-29-25-18-16-17-23(26)20-25/h16-18,20,24,26-27H,2-15,19,21-22H2,1H3. The third kappa shape index (κ3) is 16.2. The Morgan fingerprint density at radius 1 is 0.759 bits per heavy atom. The molecule has 1 atom stereocenters. The van der Waals surface area contributed by atoms with Gasteiger partial charge in [-0.2, -0.15) is 0 Å². The Morgan fingerprint density at radius 3 is 1.86 bits per heavy atom. The molecule has 4 heteroatoms. The highest BCUT2D eigenvalue weighted by atomic mass is 16.5. The molecule has 1 rings (SSSR count). The lowest BCUT2D eigenvalue weighted by Crippen LogP contribution is -2.23. The zero-order chi connectivity index (χ0) is 21.0. The summed E-state index contributed by atoms with van der Waals surface area (Å²) in [5.41, 5.74) is 0. The molecule has 1 unspecified atom stereocenters. The number of aliphatic hydroxyl groups excluding tert-OH is 1. The fraction of sp³-hybridized carbons (Fsp3) is 0.760. The molecule has 168 valence electrons. The van der Waals surface area contributed by atoms with Crippen LogP contribution in [0.2, 0.25) is 0 Å². The molecular weight excluding hydrogens is 364 g/mol. The molecule has 0 radical (unpaired) electrons. The first-order valence-corrected chi connectivity index (χ1v) is 11.9. The highest BCUT2D eigenvalue weighted by Crippen LogP contribution is 2.17. The molecule has 0 bridgehead atoms. The van der Waals surface area contributed by atoms with Crippen molar-refractivity contribution in [1.82, 2.24) is 0 Å². The molecule has 0 saturated carbocycles. The molecule has 0 fully saturated rings. The predicted octanol–water partition coefficient (Wildman–Crippen LogP) is 6.63. The van der Waals surface area contributed by atoms with E-state index in [1.54, 1.807) is 18.2 Å². The van der Waals surface area contributed by atoms with E-state index in [4.69, 9.17) is 9.47 Å². The number of aromatic hydroxyl groups is 1. The van der Waals surface area contributed by atoms with E-state index in [2.05, 4.69) is 6.92 Å². The summed E-state index contributed by atoms with van der Waals surface area (Å²) in [4.78, 5) is 0. The van der Waals surface area contributed by atoms with Gasteiger partial charge in [0.05, 0.1) is 6.61 Å². The van der Waals surface area contributed by atoms with Gasteiger partial charge in [-0.15, -0.1) is 0 Å². The van der Waals surface area contributed by atoms with Gasteiger partial charge in [0.1, 0.15) is 24.2 Å². The Morgan fingerprint density at radius 2 is 1.31 bits per heavy atom. The monoisotopic (exact) mass is 408 g/mol. The Hall–Kier alpha value is -1.26. The van der Waals surface area contributed by atoms with Crippen LogP contribution in [-0.2, 0) is 4.74 Å². The van der Waals surface area contributed by atoms with Gasteiger partial charge in [-0.3, -0.25) is 0 Å². The van der Waals surface area contributed by atoms with E-state index in [-0.39, 0.29) is 19.0 Å². The average Bonchev–Trinajstić information content (AvgIpc) is 2.72. The van der Waals surface area contributed by atoms with E-state index in [9.17, 15) is 10.2 Å². The Bertz CT molecular complexity index is 478. The van der Waals surface area contributed by atoms with Crippen molar-refractivity contribution in [3.63, 3.8) is 0 Å². The Kier molecular flexibility index (Phi) is 16.7. The molecule has 0 heterocycles. The number of rotatable bonds is 20. The Balaban J connectivity index is 1.78. The average molecular weight is 409 g/mol. The van der Waals surface area contributed by atoms with E-state index in [0.717, 1.165) is 6.42 Å². The topological polar surface area (TPSA) is 58.9 Å². The maximum Gasteiger partial charge on any atom is 0.123 e. The summed E-state index contributed by atoms with van der Waals surface area (Å²) >= 11 is 0. The van der Waals surface area contributed by atoms with Crippen LogP contribution in [0.15, 0.2) is 24.3 Å². The summed E-state index contributed by atoms with van der Waals surface area (Å²) in [7, 11) is 0. The number of phenolic OH excluding ortho intramolecular Hbond substituents is 1. The van der Waals surface area contributed by atoms with Crippen molar-refractivity contribution in [1.29, 1.82) is 0 Å². The summed E-state index contributed by atoms with van der Waals surface area (Å²) < 4.78 is 11.0. The van der Waals surface area contributed by atoms with Crippen molar-refractivity contribution >= 4 is 0 Å². The number of aliphatic hydroxyl groups is 1. The smallest absolute Gasteiger partial charge is 0.123 e. The van der Waals surface area contributed by atoms with E-state index < -0.39 is 6.10 Å². The summed E-state index contributed by atoms with van der Waals surface area (Å²) in [6.07, 6.45) is 18.2. The lowest BCUT2D eigenvalue weighted by atomic mass is 10.0. The van der Waals surface area contributed by atoms with Crippen LogP contribution in [-0.4, -0.2) is 36.1 Å². The normalized spacial score (nSPS) is 12.2. The van der Waals surface area contributed by atoms with Crippen LogP contribution >= 0.6 is 0 Å². The quantitative estimate of drug-likeness (QED) is 0.238. The van der Waals surface area contributed by atoms with Crippen LogP contribution in [0.1, 0.15) is 96.8 Å². The lowest BCUT2D eigenvalue weighted by Gasteiger charge is -2.13. The molecule has 1 aromatic carbocycles. The van der Waals surface area contributed by atoms with Crippen molar-refractivity contribution in [3.05, 3.63) is 24.3 Å². The molecule has 4 nitrogen and oxygen atoms in total. The maximum atomic E-state index is 9.88. The van der Waals surface area contributed by atoms with Crippen LogP contribution in [0.3, 0.4) is 0 Å². The zero-order valence-electron chi connectivity index (χ0n) is 18.6. The second kappa shape index (κ2) is 18.7. The SMILES string of the molecule is CCCCCCCCCCCCCCCCOCC(O)COc1cccc(O)c1. The summed E-state index contributed by atoms with van der Waals surface area (Å²) in [6, 6.07) is 6.58. The van der Waals surface area contributed by atoms with Crippen LogP contribution < -0.4 is 4.74 Å². The van der Waals surface area contributed by atoms with E-state index in [1.807, 2.05) is 0 Å². The molecule has 0 aliphatic carbocycles. The second-order valence-electron chi connectivity index (χ2n) is 8.13. The third-order valence-electron chi connectivity index (χ3n) is 5.21. The number of hydrogen-bond donors (Lipinski definition) is 2. The number of ether oxygens (including phenoxy) is 2. The van der Waals surface area contributed by atoms with Gasteiger partial charge in [-0.25, -0.2) is 0 Å². The molecule has 1 aromatic rings. The van der Waals surface area contributed by atoms with Crippen molar-refractivity contribution in [2.24, 2.45) is 0 Å². The van der Waals surface area contributed by atoms with Crippen molar-refractivity contribution in [2.45, 2.75) is 103 Å². The highest BCUT2D eigenvalue weighted by molar-refractivity contribution is 5.31. The lowest BCUT2D eigenvalue weighted by molar-refractivity contribution is 0.0109. The fourth-order valence-corrected chi connectivity index (χ4v) is 3.43. The molecule has 29 heavy (non-hydrogen) atoms. The van der Waals surface area contributed by atoms with Gasteiger partial charge in [0.2, 0.25) is 0 Å². The van der Waals surface area contributed by atoms with Gasteiger partial charge in [-0.05, 0) is 18.6 Å². The van der Waals surface area contributed by atoms with E-state index in [1.165, 1.54) is 89.5 Å². The Labute approximate surface area is 178 Å². The molecule has 0 saturated heterocycles. The van der Waals surface area contributed by atoms with E-state index >= 15 is 0 Å². The number of benzene rings is 1. The molecule has 0 spiro atoms. The first-order chi connectivity index (χ1) is 14.2. The van der Waals surface area contributed by atoms with Gasteiger partial charge in [0.25, 0.3) is 0 Å². The predicted molar refractivity (Wildman–Crippen MR) is 121 cm³/mol. The first-order valence-electron chi connectivity index (χ1n) is 11.9. The molecule has 0 amide bonds. The fourth-order valence-electron chi connectivity index (χ4n) is 3.43. The minimum atomic E-state index is -0.649. The molecule has 0 aliphatic rings. The minimum absolute atomic E-state index is 0.158. The molecule has 2 N–H and O–H groups in total. The van der Waals surface area contributed by atoms with Gasteiger partial charge in [-0.1, -0.05) is 96.5 Å². The van der Waals surface area contributed by atoms with Crippen LogP contribution in [0.5, 0.6) is 11.5 Å². The highest BCUT2D eigenvalue weighted by Gasteiger charge is 2.06. The van der Waals surface area contributed by atoms with Crippen molar-refractivity contribution < 1.29 is 19.7 Å². The van der Waals surface area contributed by atoms with Gasteiger partial charge < -0.3 is 19.7 Å². The third-order valence-corrected chi connectivity index (χ3v) is 5.21. The summed E-state index contributed by atoms with van der Waals surface area (Å²) in [5, 5.41) is 19.3. The number of unbranched alkanes of at least 4 members (excludes halogenated alkanes) is 13. The largest absolute Gasteiger partial charge is 0.508 e. The van der Waals surface area contributed by atoms with Gasteiger partial charge in [0.15, 0.2) is 0 Å². The molecule has 0 aromatic heterocycles. The summed E-state index contributed by atoms with van der Waals surface area (Å²) in [6.45, 7) is 3.43. The van der Waals surface area contributed by atoms with Crippen LogP contribution in [0, 0.1) is 0 Å². The number of phenols is 1. The second-order valence-corrected chi connectivity index (χ2v) is 8.13. The van der Waals surface area contributed by atoms with E-state index in [0.29, 0.717) is 12.4 Å². The molecule has 0 aliphatic heterocycles. The maximum absolute atomic E-state index is 9.88. The minimum Gasteiger partial charge on any atom is -0.508 e. The number of hydrogen-bond acceptors (Lipinski definition) is 4. The molecular formula is C25H44O4. The van der Waals surface area contributed by atoms with Gasteiger partial charge in [0, 0.05) is 12.7 Å². The van der Waals surface area contributed by atoms with Crippen molar-refractivity contribution in [3.8, 4) is 11.5 Å². The first kappa shape index (κ1) is 25.8. The van der Waals surface area contributed by atoms with Gasteiger partial charge >= 0.3 is 0 Å². The zero-order valence-corrected chi connectivity index (χ0v) is 18.6. The van der Waals surface area contributed by atoms with Crippen molar-refractivity contribution in [2.75, 3.05) is 19.8 Å². The summed E-state index contributed by atoms with van der Waals surface area (Å²) in [5.74, 6) is 0.710. The van der Waals surface area contributed by atoms with Crippen LogP contribution in [0.4, 0.5) is 0 Å².